The van der Waals surface area contributed by atoms with Gasteiger partial charge in [0, 0.05) is 12.6 Å². The molecule has 1 rings (SSSR count). The van der Waals surface area contributed by atoms with E-state index in [1.165, 1.54) is 6.92 Å². The van der Waals surface area contributed by atoms with E-state index in [9.17, 15) is 21.6 Å². The van der Waals surface area contributed by atoms with Crippen molar-refractivity contribution in [3.8, 4) is 0 Å². The zero-order chi connectivity index (χ0) is 14.8. The molecule has 19 heavy (non-hydrogen) atoms. The lowest BCUT2D eigenvalue weighted by molar-refractivity contribution is -0.138. The van der Waals surface area contributed by atoms with E-state index in [4.69, 9.17) is 5.73 Å². The van der Waals surface area contributed by atoms with E-state index in [0.717, 1.165) is 25.1 Å². The summed E-state index contributed by atoms with van der Waals surface area (Å²) in [7, 11) is -4.02. The Balaban J connectivity index is 3.30. The van der Waals surface area contributed by atoms with Gasteiger partial charge in [0.25, 0.3) is 0 Å². The van der Waals surface area contributed by atoms with Gasteiger partial charge in [0.05, 0.1) is 10.5 Å². The number of rotatable bonds is 4. The highest BCUT2D eigenvalue weighted by molar-refractivity contribution is 7.89. The van der Waals surface area contributed by atoms with Crippen LogP contribution in [0, 0.1) is 6.92 Å². The average molecular weight is 296 g/mol. The van der Waals surface area contributed by atoms with Crippen LogP contribution in [0.1, 0.15) is 18.1 Å². The van der Waals surface area contributed by atoms with Crippen LogP contribution in [-0.2, 0) is 16.2 Å². The van der Waals surface area contributed by atoms with Crippen LogP contribution in [0.2, 0.25) is 0 Å². The molecule has 0 fully saturated rings. The van der Waals surface area contributed by atoms with Gasteiger partial charge in [-0.2, -0.15) is 13.2 Å². The lowest BCUT2D eigenvalue weighted by Gasteiger charge is -2.16. The fraction of sp³-hybridized carbons (Fsp3) is 0.455. The number of halogens is 3. The quantitative estimate of drug-likeness (QED) is 0.887. The molecule has 3 N–H and O–H groups in total. The first-order valence-corrected chi connectivity index (χ1v) is 6.97. The Morgan fingerprint density at radius 1 is 1.37 bits per heavy atom. The Labute approximate surface area is 109 Å². The monoisotopic (exact) mass is 296 g/mol. The van der Waals surface area contributed by atoms with E-state index in [2.05, 4.69) is 4.72 Å². The van der Waals surface area contributed by atoms with Gasteiger partial charge in [-0.3, -0.25) is 0 Å². The zero-order valence-electron chi connectivity index (χ0n) is 10.5. The van der Waals surface area contributed by atoms with Crippen LogP contribution in [0.15, 0.2) is 23.1 Å². The molecule has 108 valence electrons. The highest BCUT2D eigenvalue weighted by atomic mass is 32.2. The number of hydrogen-bond acceptors (Lipinski definition) is 3. The highest BCUT2D eigenvalue weighted by Gasteiger charge is 2.34. The van der Waals surface area contributed by atoms with E-state index in [0.29, 0.717) is 0 Å². The summed E-state index contributed by atoms with van der Waals surface area (Å²) in [5, 5.41) is 0. The molecule has 0 aliphatic carbocycles. The molecule has 0 saturated heterocycles. The molecule has 8 heteroatoms. The number of nitrogens with one attached hydrogen (secondary N) is 1. The molecule has 0 spiro atoms. The van der Waals surface area contributed by atoms with Crippen molar-refractivity contribution in [1.82, 2.24) is 4.72 Å². The van der Waals surface area contributed by atoms with Crippen LogP contribution < -0.4 is 10.5 Å². The first-order chi connectivity index (χ1) is 8.59. The zero-order valence-corrected chi connectivity index (χ0v) is 11.3. The summed E-state index contributed by atoms with van der Waals surface area (Å²) >= 11 is 0. The van der Waals surface area contributed by atoms with Gasteiger partial charge in [-0.15, -0.1) is 0 Å². The predicted molar refractivity (Wildman–Crippen MR) is 65.0 cm³/mol. The molecule has 0 saturated carbocycles. The Bertz CT molecular complexity index is 556. The molecule has 1 atom stereocenters. The van der Waals surface area contributed by atoms with Crippen LogP contribution in [0.3, 0.4) is 0 Å². The third kappa shape index (κ3) is 3.68. The molecule has 0 aliphatic heterocycles. The van der Waals surface area contributed by atoms with Crippen molar-refractivity contribution >= 4 is 10.0 Å². The van der Waals surface area contributed by atoms with Crippen molar-refractivity contribution in [2.45, 2.75) is 31.0 Å². The first-order valence-electron chi connectivity index (χ1n) is 5.49. The number of benzene rings is 1. The molecular weight excluding hydrogens is 281 g/mol. The van der Waals surface area contributed by atoms with Gasteiger partial charge in [-0.05, 0) is 31.5 Å². The first kappa shape index (κ1) is 15.9. The largest absolute Gasteiger partial charge is 0.416 e. The van der Waals surface area contributed by atoms with Crippen LogP contribution in [0.5, 0.6) is 0 Å². The van der Waals surface area contributed by atoms with Crippen molar-refractivity contribution in [2.75, 3.05) is 6.54 Å². The van der Waals surface area contributed by atoms with Gasteiger partial charge >= 0.3 is 6.18 Å². The van der Waals surface area contributed by atoms with Gasteiger partial charge in [0.15, 0.2) is 0 Å². The molecule has 1 aromatic rings. The standard InChI is InChI=1S/C11H15F3N2O2S/c1-7(6-15)16-19(17,18)10-5-3-4-9(8(10)2)11(12,13)14/h3-5,7,16H,6,15H2,1-2H3. The van der Waals surface area contributed by atoms with Gasteiger partial charge < -0.3 is 5.73 Å². The van der Waals surface area contributed by atoms with E-state index in [-0.39, 0.29) is 17.0 Å². The fourth-order valence-corrected chi connectivity index (χ4v) is 3.11. The smallest absolute Gasteiger partial charge is 0.329 e. The third-order valence-corrected chi connectivity index (χ3v) is 4.32. The maximum absolute atomic E-state index is 12.7. The van der Waals surface area contributed by atoms with Crippen LogP contribution in [0.4, 0.5) is 13.2 Å². The predicted octanol–water partition coefficient (Wildman–Crippen LogP) is 1.64. The van der Waals surface area contributed by atoms with Crippen LogP contribution in [-0.4, -0.2) is 21.0 Å². The number of alkyl halides is 3. The molecule has 0 radical (unpaired) electrons. The maximum atomic E-state index is 12.7. The number of sulfonamides is 1. The summed E-state index contributed by atoms with van der Waals surface area (Å²) in [5.41, 5.74) is 4.00. The SMILES string of the molecule is Cc1c(C(F)(F)F)cccc1S(=O)(=O)NC(C)CN. The molecular formula is C11H15F3N2O2S. The lowest BCUT2D eigenvalue weighted by Crippen LogP contribution is -2.38. The minimum Gasteiger partial charge on any atom is -0.329 e. The average Bonchev–Trinajstić information content (AvgIpc) is 2.26. The second-order valence-electron chi connectivity index (χ2n) is 4.18. The Morgan fingerprint density at radius 2 is 1.95 bits per heavy atom. The van der Waals surface area contributed by atoms with Gasteiger partial charge in [-0.1, -0.05) is 6.07 Å². The molecule has 0 amide bonds. The summed E-state index contributed by atoms with van der Waals surface area (Å²) in [5.74, 6) is 0. The van der Waals surface area contributed by atoms with E-state index >= 15 is 0 Å². The number of hydrogen-bond donors (Lipinski definition) is 2. The lowest BCUT2D eigenvalue weighted by atomic mass is 10.1. The van der Waals surface area contributed by atoms with Crippen molar-refractivity contribution in [3.63, 3.8) is 0 Å². The minimum absolute atomic E-state index is 0.0528. The summed E-state index contributed by atoms with van der Waals surface area (Å²) < 4.78 is 64.3. The van der Waals surface area contributed by atoms with Crippen molar-refractivity contribution in [3.05, 3.63) is 29.3 Å². The van der Waals surface area contributed by atoms with Crippen LogP contribution >= 0.6 is 0 Å². The van der Waals surface area contributed by atoms with E-state index in [1.54, 1.807) is 0 Å². The molecule has 0 aliphatic rings. The Kier molecular flexibility index (Phi) is 4.59. The Hall–Kier alpha value is -1.12. The normalized spacial score (nSPS) is 14.4. The van der Waals surface area contributed by atoms with E-state index < -0.39 is 27.8 Å². The Morgan fingerprint density at radius 3 is 2.42 bits per heavy atom. The fourth-order valence-electron chi connectivity index (χ4n) is 1.59. The summed E-state index contributed by atoms with van der Waals surface area (Å²) in [6, 6.07) is 2.49. The highest BCUT2D eigenvalue weighted by Crippen LogP contribution is 2.34. The molecule has 4 nitrogen and oxygen atoms in total. The summed E-state index contributed by atoms with van der Waals surface area (Å²) in [6.07, 6.45) is -4.59. The minimum atomic E-state index is -4.59. The second kappa shape index (κ2) is 5.48. The van der Waals surface area contributed by atoms with Crippen LogP contribution in [0.25, 0.3) is 0 Å². The van der Waals surface area contributed by atoms with Gasteiger partial charge in [-0.25, -0.2) is 13.1 Å². The van der Waals surface area contributed by atoms with Crippen molar-refractivity contribution < 1.29 is 21.6 Å². The molecule has 0 aromatic heterocycles. The topological polar surface area (TPSA) is 72.2 Å². The van der Waals surface area contributed by atoms with Crippen molar-refractivity contribution in [2.24, 2.45) is 5.73 Å². The van der Waals surface area contributed by atoms with Crippen molar-refractivity contribution in [1.29, 1.82) is 0 Å². The van der Waals surface area contributed by atoms with E-state index in [1.807, 2.05) is 0 Å². The number of nitrogens with two attached hydrogens (primary N) is 1. The summed E-state index contributed by atoms with van der Waals surface area (Å²) in [6.45, 7) is 2.71. The third-order valence-electron chi connectivity index (χ3n) is 2.59. The maximum Gasteiger partial charge on any atom is 0.416 e. The molecule has 0 bridgehead atoms. The van der Waals surface area contributed by atoms with Gasteiger partial charge in [0.2, 0.25) is 10.0 Å². The molecule has 1 unspecified atom stereocenters. The molecule has 1 aromatic carbocycles. The second-order valence-corrected chi connectivity index (χ2v) is 5.87. The summed E-state index contributed by atoms with van der Waals surface area (Å²) in [4.78, 5) is -0.386. The molecule has 0 heterocycles. The van der Waals surface area contributed by atoms with Gasteiger partial charge in [0.1, 0.15) is 0 Å².